The van der Waals surface area contributed by atoms with E-state index >= 15 is 0 Å². The molecule has 0 spiro atoms. The Labute approximate surface area is 137 Å². The number of benzene rings is 2. The molecule has 1 aliphatic carbocycles. The van der Waals surface area contributed by atoms with Gasteiger partial charge in [0.15, 0.2) is 0 Å². The van der Waals surface area contributed by atoms with Crippen molar-refractivity contribution in [3.63, 3.8) is 0 Å². The van der Waals surface area contributed by atoms with Crippen molar-refractivity contribution in [2.24, 2.45) is 0 Å². The monoisotopic (exact) mass is 331 g/mol. The SMILES string of the molecule is O=C1C(Cl)=C(N[C@@H](Cl)c2ccccc2)C(=O)c2ccccc21. The van der Waals surface area contributed by atoms with Gasteiger partial charge in [0.25, 0.3) is 0 Å². The first-order valence-electron chi connectivity index (χ1n) is 6.63. The molecule has 0 bridgehead atoms. The summed E-state index contributed by atoms with van der Waals surface area (Å²) in [7, 11) is 0. The number of hydrogen-bond acceptors (Lipinski definition) is 3. The standard InChI is InChI=1S/C17H11Cl2NO2/c18-13-14(20-17(19)10-6-2-1-3-7-10)16(22)12-9-5-4-8-11(12)15(13)21/h1-9,17,20H/t17-/m1/s1. The van der Waals surface area contributed by atoms with Gasteiger partial charge in [-0.05, 0) is 5.56 Å². The molecule has 110 valence electrons. The third-order valence-electron chi connectivity index (χ3n) is 3.43. The fraction of sp³-hybridized carbons (Fsp3) is 0.0588. The topological polar surface area (TPSA) is 46.2 Å². The lowest BCUT2D eigenvalue weighted by Crippen LogP contribution is -2.30. The zero-order chi connectivity index (χ0) is 15.7. The predicted molar refractivity (Wildman–Crippen MR) is 86.2 cm³/mol. The van der Waals surface area contributed by atoms with Crippen molar-refractivity contribution in [2.45, 2.75) is 5.50 Å². The van der Waals surface area contributed by atoms with Gasteiger partial charge in [-0.15, -0.1) is 0 Å². The summed E-state index contributed by atoms with van der Waals surface area (Å²) in [4.78, 5) is 24.8. The van der Waals surface area contributed by atoms with Gasteiger partial charge in [0.05, 0.1) is 0 Å². The van der Waals surface area contributed by atoms with E-state index in [4.69, 9.17) is 23.2 Å². The van der Waals surface area contributed by atoms with E-state index in [0.29, 0.717) is 11.1 Å². The minimum Gasteiger partial charge on any atom is -0.361 e. The maximum absolute atomic E-state index is 12.5. The van der Waals surface area contributed by atoms with Gasteiger partial charge in [0, 0.05) is 11.1 Å². The van der Waals surface area contributed by atoms with Gasteiger partial charge in [-0.2, -0.15) is 0 Å². The van der Waals surface area contributed by atoms with Gasteiger partial charge in [0.1, 0.15) is 16.2 Å². The van der Waals surface area contributed by atoms with E-state index in [1.165, 1.54) is 0 Å². The summed E-state index contributed by atoms with van der Waals surface area (Å²) in [6.07, 6.45) is 0. The highest BCUT2D eigenvalue weighted by atomic mass is 35.5. The van der Waals surface area contributed by atoms with E-state index < -0.39 is 5.50 Å². The molecule has 2 aromatic carbocycles. The zero-order valence-electron chi connectivity index (χ0n) is 11.3. The fourth-order valence-electron chi connectivity index (χ4n) is 2.31. The highest BCUT2D eigenvalue weighted by Crippen LogP contribution is 2.29. The zero-order valence-corrected chi connectivity index (χ0v) is 12.9. The van der Waals surface area contributed by atoms with Gasteiger partial charge in [0.2, 0.25) is 11.6 Å². The van der Waals surface area contributed by atoms with E-state index in [-0.39, 0.29) is 22.3 Å². The third-order valence-corrected chi connectivity index (χ3v) is 4.15. The molecule has 0 heterocycles. The summed E-state index contributed by atoms with van der Waals surface area (Å²) in [5, 5.41) is 2.71. The van der Waals surface area contributed by atoms with Crippen molar-refractivity contribution in [3.8, 4) is 0 Å². The van der Waals surface area contributed by atoms with Crippen LogP contribution in [0.1, 0.15) is 31.8 Å². The van der Waals surface area contributed by atoms with Crippen molar-refractivity contribution in [1.29, 1.82) is 0 Å². The Kier molecular flexibility index (Phi) is 4.01. The van der Waals surface area contributed by atoms with Gasteiger partial charge in [-0.25, -0.2) is 0 Å². The van der Waals surface area contributed by atoms with Crippen molar-refractivity contribution in [2.75, 3.05) is 0 Å². The summed E-state index contributed by atoms with van der Waals surface area (Å²) < 4.78 is 0. The average molecular weight is 332 g/mol. The summed E-state index contributed by atoms with van der Waals surface area (Å²) in [6.45, 7) is 0. The van der Waals surface area contributed by atoms with Crippen molar-refractivity contribution < 1.29 is 9.59 Å². The van der Waals surface area contributed by atoms with Crippen LogP contribution in [0.2, 0.25) is 0 Å². The van der Waals surface area contributed by atoms with E-state index in [1.807, 2.05) is 30.3 Å². The molecule has 0 radical (unpaired) electrons. The normalized spacial score (nSPS) is 15.5. The molecule has 3 nitrogen and oxygen atoms in total. The number of alkyl halides is 1. The molecule has 1 N–H and O–H groups in total. The molecule has 2 aromatic rings. The number of ketones is 2. The molecule has 0 aromatic heterocycles. The molecular weight excluding hydrogens is 321 g/mol. The van der Waals surface area contributed by atoms with Crippen LogP contribution in [0, 0.1) is 0 Å². The second-order valence-corrected chi connectivity index (χ2v) is 5.62. The first-order chi connectivity index (χ1) is 10.6. The lowest BCUT2D eigenvalue weighted by atomic mass is 9.92. The molecule has 1 atom stereocenters. The Morgan fingerprint density at radius 1 is 0.818 bits per heavy atom. The quantitative estimate of drug-likeness (QED) is 0.681. The van der Waals surface area contributed by atoms with Gasteiger partial charge >= 0.3 is 0 Å². The van der Waals surface area contributed by atoms with Crippen molar-refractivity contribution >= 4 is 34.8 Å². The van der Waals surface area contributed by atoms with Crippen LogP contribution in [0.15, 0.2) is 65.3 Å². The molecule has 1 aliphatic rings. The van der Waals surface area contributed by atoms with Crippen LogP contribution in [0.3, 0.4) is 0 Å². The van der Waals surface area contributed by atoms with E-state index in [0.717, 1.165) is 5.56 Å². The summed E-state index contributed by atoms with van der Waals surface area (Å²) in [5.41, 5.74) is 0.798. The van der Waals surface area contributed by atoms with Crippen LogP contribution >= 0.6 is 23.2 Å². The van der Waals surface area contributed by atoms with Gasteiger partial charge < -0.3 is 5.32 Å². The first kappa shape index (κ1) is 14.8. The Morgan fingerprint density at radius 3 is 2.00 bits per heavy atom. The molecule has 0 unspecified atom stereocenters. The van der Waals surface area contributed by atoms with Crippen LogP contribution in [-0.4, -0.2) is 11.6 Å². The lowest BCUT2D eigenvalue weighted by Gasteiger charge is -2.21. The summed E-state index contributed by atoms with van der Waals surface area (Å²) in [6, 6.07) is 15.8. The second-order valence-electron chi connectivity index (χ2n) is 4.81. The Morgan fingerprint density at radius 2 is 1.36 bits per heavy atom. The average Bonchev–Trinajstić information content (AvgIpc) is 2.57. The number of fused-ring (bicyclic) bond motifs is 1. The summed E-state index contributed by atoms with van der Waals surface area (Å²) in [5.74, 6) is -0.710. The number of carbonyl (C=O) groups is 2. The number of rotatable bonds is 3. The third kappa shape index (κ3) is 2.54. The largest absolute Gasteiger partial charge is 0.361 e. The van der Waals surface area contributed by atoms with Crippen molar-refractivity contribution in [3.05, 3.63) is 82.0 Å². The van der Waals surface area contributed by atoms with Gasteiger partial charge in [-0.1, -0.05) is 77.8 Å². The van der Waals surface area contributed by atoms with Crippen molar-refractivity contribution in [1.82, 2.24) is 5.32 Å². The Balaban J connectivity index is 1.96. The maximum Gasteiger partial charge on any atom is 0.211 e. The van der Waals surface area contributed by atoms with E-state index in [1.54, 1.807) is 24.3 Å². The number of hydrogen-bond donors (Lipinski definition) is 1. The molecule has 0 fully saturated rings. The Bertz CT molecular complexity index is 784. The van der Waals surface area contributed by atoms with Crippen LogP contribution in [-0.2, 0) is 0 Å². The van der Waals surface area contributed by atoms with Crippen LogP contribution in [0.5, 0.6) is 0 Å². The highest BCUT2D eigenvalue weighted by molar-refractivity contribution is 6.50. The molecular formula is C17H11Cl2NO2. The second kappa shape index (κ2) is 5.95. The number of halogens is 2. The fourth-order valence-corrected chi connectivity index (χ4v) is 2.80. The minimum atomic E-state index is -0.660. The predicted octanol–water partition coefficient (Wildman–Crippen LogP) is 4.04. The number of carbonyl (C=O) groups excluding carboxylic acids is 2. The van der Waals surface area contributed by atoms with Gasteiger partial charge in [-0.3, -0.25) is 9.59 Å². The molecule has 0 saturated carbocycles. The Hall–Kier alpha value is -2.10. The number of allylic oxidation sites excluding steroid dienone is 2. The molecule has 22 heavy (non-hydrogen) atoms. The van der Waals surface area contributed by atoms with E-state index in [9.17, 15) is 9.59 Å². The smallest absolute Gasteiger partial charge is 0.211 e. The molecule has 5 heteroatoms. The number of nitrogens with one attached hydrogen (secondary N) is 1. The molecule has 0 aliphatic heterocycles. The lowest BCUT2D eigenvalue weighted by molar-refractivity contribution is 0.0974. The van der Waals surface area contributed by atoms with Crippen LogP contribution in [0.4, 0.5) is 0 Å². The first-order valence-corrected chi connectivity index (χ1v) is 7.45. The van der Waals surface area contributed by atoms with E-state index in [2.05, 4.69) is 5.32 Å². The highest BCUT2D eigenvalue weighted by Gasteiger charge is 2.32. The molecule has 0 amide bonds. The van der Waals surface area contributed by atoms with Crippen LogP contribution < -0.4 is 5.32 Å². The molecule has 0 saturated heterocycles. The summed E-state index contributed by atoms with van der Waals surface area (Å²) >= 11 is 12.4. The minimum absolute atomic E-state index is 0.0363. The van der Waals surface area contributed by atoms with Crippen LogP contribution in [0.25, 0.3) is 0 Å². The molecule has 3 rings (SSSR count). The number of Topliss-reactive ketones (excluding diaryl/α,β-unsaturated/α-hetero) is 2. The maximum atomic E-state index is 12.5.